The third-order valence-electron chi connectivity index (χ3n) is 4.11. The van der Waals surface area contributed by atoms with Crippen LogP contribution >= 0.6 is 0 Å². The van der Waals surface area contributed by atoms with Crippen LogP contribution in [0.5, 0.6) is 0 Å². The number of nitrogens with one attached hydrogen (secondary N) is 1. The Kier molecular flexibility index (Phi) is 6.73. The first-order valence-electron chi connectivity index (χ1n) is 8.36. The average Bonchev–Trinajstić information content (AvgIpc) is 2.42. The van der Waals surface area contributed by atoms with Gasteiger partial charge in [-0.3, -0.25) is 0 Å². The van der Waals surface area contributed by atoms with Gasteiger partial charge >= 0.3 is 0 Å². The van der Waals surface area contributed by atoms with Crippen molar-refractivity contribution in [3.05, 3.63) is 29.3 Å². The first-order chi connectivity index (χ1) is 9.76. The van der Waals surface area contributed by atoms with Gasteiger partial charge in [0.2, 0.25) is 0 Å². The zero-order chi connectivity index (χ0) is 16.0. The summed E-state index contributed by atoms with van der Waals surface area (Å²) in [4.78, 5) is 2.49. The molecule has 0 aliphatic rings. The van der Waals surface area contributed by atoms with Gasteiger partial charge < -0.3 is 10.2 Å². The van der Waals surface area contributed by atoms with E-state index in [2.05, 4.69) is 76.9 Å². The number of anilines is 1. The van der Waals surface area contributed by atoms with Crippen molar-refractivity contribution in [2.75, 3.05) is 18.0 Å². The number of hydrogen-bond acceptors (Lipinski definition) is 2. The van der Waals surface area contributed by atoms with Crippen molar-refractivity contribution in [1.82, 2.24) is 5.32 Å². The number of aryl methyl sites for hydroxylation is 1. The van der Waals surface area contributed by atoms with Crippen molar-refractivity contribution in [1.29, 1.82) is 0 Å². The van der Waals surface area contributed by atoms with E-state index in [-0.39, 0.29) is 5.54 Å². The highest BCUT2D eigenvalue weighted by molar-refractivity contribution is 5.50. The minimum atomic E-state index is 0.164. The van der Waals surface area contributed by atoms with E-state index in [1.165, 1.54) is 23.2 Å². The van der Waals surface area contributed by atoms with Crippen LogP contribution in [-0.2, 0) is 6.54 Å². The molecule has 1 N–H and O–H groups in total. The SMILES string of the molecule is CCC(C)CN(CC)c1ccc(CNC(C)(C)C)c(C)c1. The lowest BCUT2D eigenvalue weighted by Crippen LogP contribution is -2.35. The summed E-state index contributed by atoms with van der Waals surface area (Å²) in [5.41, 5.74) is 4.30. The van der Waals surface area contributed by atoms with Gasteiger partial charge in [0.25, 0.3) is 0 Å². The molecule has 2 heteroatoms. The first kappa shape index (κ1) is 18.0. The third-order valence-corrected chi connectivity index (χ3v) is 4.11. The monoisotopic (exact) mass is 290 g/mol. The zero-order valence-electron chi connectivity index (χ0n) is 15.1. The zero-order valence-corrected chi connectivity index (χ0v) is 15.1. The molecular formula is C19H34N2. The molecule has 1 aromatic carbocycles. The van der Waals surface area contributed by atoms with E-state index < -0.39 is 0 Å². The molecule has 120 valence electrons. The molecule has 1 unspecified atom stereocenters. The molecule has 0 bridgehead atoms. The number of benzene rings is 1. The summed E-state index contributed by atoms with van der Waals surface area (Å²) in [6.45, 7) is 18.8. The summed E-state index contributed by atoms with van der Waals surface area (Å²) in [5, 5.41) is 3.57. The van der Waals surface area contributed by atoms with Gasteiger partial charge in [0.1, 0.15) is 0 Å². The fourth-order valence-corrected chi connectivity index (χ4v) is 2.36. The molecular weight excluding hydrogens is 256 g/mol. The van der Waals surface area contributed by atoms with Crippen molar-refractivity contribution in [3.8, 4) is 0 Å². The minimum Gasteiger partial charge on any atom is -0.372 e. The van der Waals surface area contributed by atoms with Crippen LogP contribution < -0.4 is 10.2 Å². The number of hydrogen-bond donors (Lipinski definition) is 1. The van der Waals surface area contributed by atoms with E-state index in [4.69, 9.17) is 0 Å². The van der Waals surface area contributed by atoms with E-state index >= 15 is 0 Å². The smallest absolute Gasteiger partial charge is 0.0369 e. The maximum atomic E-state index is 3.57. The summed E-state index contributed by atoms with van der Waals surface area (Å²) in [5.74, 6) is 0.743. The highest BCUT2D eigenvalue weighted by Gasteiger charge is 2.12. The summed E-state index contributed by atoms with van der Waals surface area (Å²) in [6.07, 6.45) is 1.24. The van der Waals surface area contributed by atoms with Gasteiger partial charge in [0, 0.05) is 30.9 Å². The van der Waals surface area contributed by atoms with Gasteiger partial charge in [-0.25, -0.2) is 0 Å². The van der Waals surface area contributed by atoms with Gasteiger partial charge in [0.15, 0.2) is 0 Å². The Hall–Kier alpha value is -1.02. The molecule has 0 saturated heterocycles. The maximum absolute atomic E-state index is 3.57. The molecule has 0 aromatic heterocycles. The standard InChI is InChI=1S/C19H34N2/c1-8-15(3)14-21(9-2)18-11-10-17(16(4)12-18)13-20-19(5,6)7/h10-12,15,20H,8-9,13-14H2,1-7H3. The van der Waals surface area contributed by atoms with E-state index in [0.717, 1.165) is 25.6 Å². The van der Waals surface area contributed by atoms with Gasteiger partial charge in [0.05, 0.1) is 0 Å². The lowest BCUT2D eigenvalue weighted by atomic mass is 10.0. The van der Waals surface area contributed by atoms with Crippen LogP contribution in [0, 0.1) is 12.8 Å². The van der Waals surface area contributed by atoms with Gasteiger partial charge in [-0.2, -0.15) is 0 Å². The minimum absolute atomic E-state index is 0.164. The fraction of sp³-hybridized carbons (Fsp3) is 0.684. The Morgan fingerprint density at radius 3 is 2.33 bits per heavy atom. The molecule has 1 aromatic rings. The highest BCUT2D eigenvalue weighted by Crippen LogP contribution is 2.21. The second kappa shape index (κ2) is 7.84. The Balaban J connectivity index is 2.80. The Labute approximate surface area is 131 Å². The van der Waals surface area contributed by atoms with Crippen LogP contribution in [-0.4, -0.2) is 18.6 Å². The molecule has 0 radical (unpaired) electrons. The summed E-state index contributed by atoms with van der Waals surface area (Å²) >= 11 is 0. The van der Waals surface area contributed by atoms with Crippen LogP contribution in [0.25, 0.3) is 0 Å². The Morgan fingerprint density at radius 1 is 1.19 bits per heavy atom. The van der Waals surface area contributed by atoms with Crippen LogP contribution in [0.4, 0.5) is 5.69 Å². The lowest BCUT2D eigenvalue weighted by Gasteiger charge is -2.27. The predicted molar refractivity (Wildman–Crippen MR) is 95.1 cm³/mol. The van der Waals surface area contributed by atoms with Crippen LogP contribution in [0.3, 0.4) is 0 Å². The van der Waals surface area contributed by atoms with Crippen LogP contribution in [0.1, 0.15) is 59.1 Å². The van der Waals surface area contributed by atoms with Crippen molar-refractivity contribution in [2.45, 2.75) is 67.0 Å². The second-order valence-electron chi connectivity index (χ2n) is 7.27. The summed E-state index contributed by atoms with van der Waals surface area (Å²) in [7, 11) is 0. The Morgan fingerprint density at radius 2 is 1.86 bits per heavy atom. The maximum Gasteiger partial charge on any atom is 0.0369 e. The molecule has 0 amide bonds. The molecule has 1 rings (SSSR count). The topological polar surface area (TPSA) is 15.3 Å². The van der Waals surface area contributed by atoms with Crippen molar-refractivity contribution in [3.63, 3.8) is 0 Å². The average molecular weight is 290 g/mol. The number of nitrogens with zero attached hydrogens (tertiary/aromatic N) is 1. The van der Waals surface area contributed by atoms with E-state index in [9.17, 15) is 0 Å². The quantitative estimate of drug-likeness (QED) is 0.779. The van der Waals surface area contributed by atoms with Crippen molar-refractivity contribution in [2.24, 2.45) is 5.92 Å². The van der Waals surface area contributed by atoms with E-state index in [1.54, 1.807) is 0 Å². The van der Waals surface area contributed by atoms with Crippen LogP contribution in [0.15, 0.2) is 18.2 Å². The molecule has 1 atom stereocenters. The van der Waals surface area contributed by atoms with Gasteiger partial charge in [-0.1, -0.05) is 26.3 Å². The second-order valence-corrected chi connectivity index (χ2v) is 7.27. The summed E-state index contributed by atoms with van der Waals surface area (Å²) < 4.78 is 0. The number of rotatable bonds is 7. The molecule has 0 fully saturated rings. The predicted octanol–water partition coefficient (Wildman–Crippen LogP) is 4.76. The van der Waals surface area contributed by atoms with Crippen LogP contribution in [0.2, 0.25) is 0 Å². The lowest BCUT2D eigenvalue weighted by molar-refractivity contribution is 0.424. The molecule has 0 aliphatic heterocycles. The molecule has 0 saturated carbocycles. The van der Waals surface area contributed by atoms with E-state index in [0.29, 0.717) is 0 Å². The van der Waals surface area contributed by atoms with Crippen molar-refractivity contribution >= 4 is 5.69 Å². The highest BCUT2D eigenvalue weighted by atomic mass is 15.1. The van der Waals surface area contributed by atoms with E-state index in [1.807, 2.05) is 0 Å². The molecule has 0 spiro atoms. The molecule has 0 aliphatic carbocycles. The van der Waals surface area contributed by atoms with Crippen molar-refractivity contribution < 1.29 is 0 Å². The Bertz CT molecular complexity index is 432. The van der Waals surface area contributed by atoms with Gasteiger partial charge in [-0.15, -0.1) is 0 Å². The molecule has 2 nitrogen and oxygen atoms in total. The third kappa shape index (κ3) is 6.09. The fourth-order valence-electron chi connectivity index (χ4n) is 2.36. The molecule has 0 heterocycles. The molecule has 21 heavy (non-hydrogen) atoms. The van der Waals surface area contributed by atoms with Gasteiger partial charge in [-0.05, 0) is 63.8 Å². The largest absolute Gasteiger partial charge is 0.372 e. The summed E-state index contributed by atoms with van der Waals surface area (Å²) in [6, 6.07) is 6.90. The first-order valence-corrected chi connectivity index (χ1v) is 8.36. The normalized spacial score (nSPS) is 13.3.